The van der Waals surface area contributed by atoms with Crippen LogP contribution in [-0.2, 0) is 0 Å². The van der Waals surface area contributed by atoms with Gasteiger partial charge >= 0.3 is 0 Å². The fraction of sp³-hybridized carbons (Fsp3) is 0.500. The van der Waals surface area contributed by atoms with Gasteiger partial charge in [0, 0.05) is 11.8 Å². The number of nitrogens with two attached hydrogens (primary N) is 1. The molecule has 3 heteroatoms. The van der Waals surface area contributed by atoms with Crippen molar-refractivity contribution in [1.29, 1.82) is 0 Å². The molecule has 62 valence electrons. The third-order valence-electron chi connectivity index (χ3n) is 1.46. The van der Waals surface area contributed by atoms with Crippen LogP contribution in [0.4, 0.5) is 0 Å². The maximum absolute atomic E-state index is 5.77. The molecule has 2 N–H and O–H groups in total. The molecule has 0 aliphatic carbocycles. The Morgan fingerprint density at radius 2 is 2.55 bits per heavy atom. The number of thiophene rings is 1. The molecule has 1 aromatic rings. The molecule has 1 aromatic heterocycles. The maximum Gasteiger partial charge on any atom is 0.0599 e. The smallest absolute Gasteiger partial charge is 0.0599 e. The Morgan fingerprint density at radius 1 is 1.73 bits per heavy atom. The summed E-state index contributed by atoms with van der Waals surface area (Å²) in [5.74, 6) is 1.04. The maximum atomic E-state index is 5.77. The van der Waals surface area contributed by atoms with Crippen LogP contribution in [0.15, 0.2) is 21.7 Å². The van der Waals surface area contributed by atoms with E-state index in [2.05, 4.69) is 24.4 Å². The van der Waals surface area contributed by atoms with Crippen LogP contribution in [0.2, 0.25) is 0 Å². The summed E-state index contributed by atoms with van der Waals surface area (Å²) >= 11 is 3.64. The standard InChI is InChI=1S/C8H13NS2/c1-2-7(9)6-11-8-4-3-5-10-8/h3-5,7H,2,6,9H2,1H3. The summed E-state index contributed by atoms with van der Waals surface area (Å²) < 4.78 is 1.37. The SMILES string of the molecule is CCC(N)CSc1cccs1. The number of hydrogen-bond acceptors (Lipinski definition) is 3. The second-order valence-electron chi connectivity index (χ2n) is 2.41. The number of hydrogen-bond donors (Lipinski definition) is 1. The number of thioether (sulfide) groups is 1. The molecule has 0 aliphatic heterocycles. The molecule has 1 rings (SSSR count). The number of rotatable bonds is 4. The van der Waals surface area contributed by atoms with Crippen molar-refractivity contribution < 1.29 is 0 Å². The second-order valence-corrected chi connectivity index (χ2v) is 4.68. The van der Waals surface area contributed by atoms with E-state index in [1.54, 1.807) is 11.3 Å². The molecule has 0 saturated carbocycles. The Balaban J connectivity index is 2.23. The highest BCUT2D eigenvalue weighted by Gasteiger charge is 2.00. The van der Waals surface area contributed by atoms with Crippen LogP contribution in [-0.4, -0.2) is 11.8 Å². The summed E-state index contributed by atoms with van der Waals surface area (Å²) in [7, 11) is 0. The molecule has 0 saturated heterocycles. The molecule has 0 aliphatic rings. The zero-order valence-electron chi connectivity index (χ0n) is 6.62. The first-order valence-corrected chi connectivity index (χ1v) is 5.61. The molecular weight excluding hydrogens is 174 g/mol. The molecule has 0 fully saturated rings. The molecule has 0 radical (unpaired) electrons. The third-order valence-corrected chi connectivity index (χ3v) is 3.78. The van der Waals surface area contributed by atoms with Gasteiger partial charge in [0.05, 0.1) is 4.21 Å². The van der Waals surface area contributed by atoms with Crippen molar-refractivity contribution in [3.05, 3.63) is 17.5 Å². The summed E-state index contributed by atoms with van der Waals surface area (Å²) in [5.41, 5.74) is 5.77. The van der Waals surface area contributed by atoms with Crippen molar-refractivity contribution in [3.63, 3.8) is 0 Å². The van der Waals surface area contributed by atoms with Gasteiger partial charge in [0.25, 0.3) is 0 Å². The molecule has 1 unspecified atom stereocenters. The van der Waals surface area contributed by atoms with Crippen molar-refractivity contribution in [3.8, 4) is 0 Å². The fourth-order valence-electron chi connectivity index (χ4n) is 0.653. The van der Waals surface area contributed by atoms with Gasteiger partial charge in [-0.2, -0.15) is 0 Å². The predicted molar refractivity (Wildman–Crippen MR) is 53.3 cm³/mol. The monoisotopic (exact) mass is 187 g/mol. The molecule has 11 heavy (non-hydrogen) atoms. The zero-order chi connectivity index (χ0) is 8.10. The van der Waals surface area contributed by atoms with Crippen LogP contribution in [0, 0.1) is 0 Å². The largest absolute Gasteiger partial charge is 0.327 e. The normalized spacial score (nSPS) is 13.3. The van der Waals surface area contributed by atoms with Crippen LogP contribution in [0.5, 0.6) is 0 Å². The van der Waals surface area contributed by atoms with E-state index in [4.69, 9.17) is 5.73 Å². The van der Waals surface area contributed by atoms with Crippen molar-refractivity contribution in [2.75, 3.05) is 5.75 Å². The summed E-state index contributed by atoms with van der Waals surface area (Å²) in [4.78, 5) is 0. The Hall–Kier alpha value is 0.01000. The van der Waals surface area contributed by atoms with Crippen molar-refractivity contribution in [1.82, 2.24) is 0 Å². The summed E-state index contributed by atoms with van der Waals surface area (Å²) in [5, 5.41) is 2.10. The molecule has 0 bridgehead atoms. The molecule has 0 spiro atoms. The van der Waals surface area contributed by atoms with Crippen LogP contribution >= 0.6 is 23.1 Å². The average molecular weight is 187 g/mol. The lowest BCUT2D eigenvalue weighted by molar-refractivity contribution is 0.725. The molecular formula is C8H13NS2. The van der Waals surface area contributed by atoms with Gasteiger partial charge in [0.2, 0.25) is 0 Å². The highest BCUT2D eigenvalue weighted by Crippen LogP contribution is 2.23. The third kappa shape index (κ3) is 3.27. The minimum atomic E-state index is 0.349. The summed E-state index contributed by atoms with van der Waals surface area (Å²) in [6.07, 6.45) is 1.07. The van der Waals surface area contributed by atoms with Gasteiger partial charge < -0.3 is 5.73 Å². The minimum absolute atomic E-state index is 0.349. The highest BCUT2D eigenvalue weighted by atomic mass is 32.2. The van der Waals surface area contributed by atoms with Gasteiger partial charge in [-0.1, -0.05) is 13.0 Å². The summed E-state index contributed by atoms with van der Waals surface area (Å²) in [6, 6.07) is 4.56. The molecule has 1 atom stereocenters. The van der Waals surface area contributed by atoms with Crippen LogP contribution in [0.1, 0.15) is 13.3 Å². The van der Waals surface area contributed by atoms with E-state index < -0.39 is 0 Å². The molecule has 1 nitrogen and oxygen atoms in total. The quantitative estimate of drug-likeness (QED) is 0.733. The van der Waals surface area contributed by atoms with Gasteiger partial charge in [-0.15, -0.1) is 23.1 Å². The predicted octanol–water partition coefficient (Wildman–Crippen LogP) is 2.58. The van der Waals surface area contributed by atoms with Crippen LogP contribution in [0.25, 0.3) is 0 Å². The topological polar surface area (TPSA) is 26.0 Å². The van der Waals surface area contributed by atoms with Crippen molar-refractivity contribution in [2.45, 2.75) is 23.6 Å². The van der Waals surface area contributed by atoms with Gasteiger partial charge in [-0.25, -0.2) is 0 Å². The second kappa shape index (κ2) is 4.80. The van der Waals surface area contributed by atoms with Gasteiger partial charge in [0.1, 0.15) is 0 Å². The van der Waals surface area contributed by atoms with E-state index in [1.807, 2.05) is 11.8 Å². The minimum Gasteiger partial charge on any atom is -0.327 e. The molecule has 0 aromatic carbocycles. The van der Waals surface area contributed by atoms with E-state index in [1.165, 1.54) is 4.21 Å². The Kier molecular flexibility index (Phi) is 3.97. The summed E-state index contributed by atoms with van der Waals surface area (Å²) in [6.45, 7) is 2.12. The Labute approximate surface area is 76.0 Å². The lowest BCUT2D eigenvalue weighted by atomic mass is 10.3. The van der Waals surface area contributed by atoms with Crippen LogP contribution in [0.3, 0.4) is 0 Å². The van der Waals surface area contributed by atoms with E-state index in [0.717, 1.165) is 12.2 Å². The molecule has 1 heterocycles. The Bertz CT molecular complexity index is 184. The lowest BCUT2D eigenvalue weighted by Crippen LogP contribution is -2.20. The lowest BCUT2D eigenvalue weighted by Gasteiger charge is -2.05. The van der Waals surface area contributed by atoms with E-state index >= 15 is 0 Å². The van der Waals surface area contributed by atoms with Crippen LogP contribution < -0.4 is 5.73 Å². The average Bonchev–Trinajstić information content (AvgIpc) is 2.52. The van der Waals surface area contributed by atoms with Gasteiger partial charge in [-0.3, -0.25) is 0 Å². The molecule has 0 amide bonds. The Morgan fingerprint density at radius 3 is 3.09 bits per heavy atom. The zero-order valence-corrected chi connectivity index (χ0v) is 8.25. The fourth-order valence-corrected chi connectivity index (χ4v) is 2.53. The highest BCUT2D eigenvalue weighted by molar-refractivity contribution is 8.01. The van der Waals surface area contributed by atoms with Crippen molar-refractivity contribution >= 4 is 23.1 Å². The first-order valence-electron chi connectivity index (χ1n) is 3.74. The van der Waals surface area contributed by atoms with Gasteiger partial charge in [0.15, 0.2) is 0 Å². The van der Waals surface area contributed by atoms with E-state index in [9.17, 15) is 0 Å². The van der Waals surface area contributed by atoms with Crippen molar-refractivity contribution in [2.24, 2.45) is 5.73 Å². The first-order chi connectivity index (χ1) is 5.33. The van der Waals surface area contributed by atoms with Gasteiger partial charge in [-0.05, 0) is 17.9 Å². The van der Waals surface area contributed by atoms with E-state index in [0.29, 0.717) is 6.04 Å². The first kappa shape index (κ1) is 9.10. The van der Waals surface area contributed by atoms with E-state index in [-0.39, 0.29) is 0 Å².